The van der Waals surface area contributed by atoms with Crippen LogP contribution < -0.4 is 5.32 Å². The average Bonchev–Trinajstić information content (AvgIpc) is 2.47. The zero-order valence-corrected chi connectivity index (χ0v) is 8.80. The molecule has 80 valence electrons. The normalized spacial score (nSPS) is 12.4. The van der Waals surface area contributed by atoms with Crippen LogP contribution in [0.15, 0.2) is 11.4 Å². The molecule has 0 aromatic carbocycles. The van der Waals surface area contributed by atoms with Gasteiger partial charge in [-0.25, -0.2) is 0 Å². The van der Waals surface area contributed by atoms with Crippen molar-refractivity contribution in [1.82, 2.24) is 5.32 Å². The highest BCUT2D eigenvalue weighted by Gasteiger charge is 2.31. The van der Waals surface area contributed by atoms with E-state index in [1.165, 1.54) is 6.07 Å². The lowest BCUT2D eigenvalue weighted by Crippen LogP contribution is -2.21. The van der Waals surface area contributed by atoms with E-state index in [9.17, 15) is 13.2 Å². The Morgan fingerprint density at radius 2 is 2.07 bits per heavy atom. The van der Waals surface area contributed by atoms with E-state index in [1.54, 1.807) is 0 Å². The first-order valence-corrected chi connectivity index (χ1v) is 5.15. The number of hydrogen-bond acceptors (Lipinski definition) is 2. The number of hydrogen-bond donors (Lipinski definition) is 1. The van der Waals surface area contributed by atoms with Crippen LogP contribution in [0, 0.1) is 0 Å². The van der Waals surface area contributed by atoms with Gasteiger partial charge in [0, 0.05) is 22.8 Å². The molecule has 1 aromatic heterocycles. The topological polar surface area (TPSA) is 12.0 Å². The summed E-state index contributed by atoms with van der Waals surface area (Å²) >= 11 is 1.14. The molecule has 0 aliphatic rings. The molecule has 0 saturated carbocycles. The van der Waals surface area contributed by atoms with Gasteiger partial charge in [0.2, 0.25) is 0 Å². The monoisotopic (exact) mass is 223 g/mol. The van der Waals surface area contributed by atoms with Gasteiger partial charge in [-0.05, 0) is 6.07 Å². The highest BCUT2D eigenvalue weighted by atomic mass is 32.1. The van der Waals surface area contributed by atoms with Crippen molar-refractivity contribution in [3.63, 3.8) is 0 Å². The average molecular weight is 223 g/mol. The summed E-state index contributed by atoms with van der Waals surface area (Å²) in [7, 11) is 0. The molecule has 0 amide bonds. The zero-order chi connectivity index (χ0) is 10.8. The minimum atomic E-state index is -4.22. The van der Waals surface area contributed by atoms with Crippen molar-refractivity contribution in [3.8, 4) is 0 Å². The molecule has 0 fully saturated rings. The lowest BCUT2D eigenvalue weighted by atomic mass is 10.3. The van der Waals surface area contributed by atoms with Gasteiger partial charge in [-0.1, -0.05) is 13.8 Å². The molecule has 14 heavy (non-hydrogen) atoms. The van der Waals surface area contributed by atoms with Crippen LogP contribution in [-0.2, 0) is 12.7 Å². The molecule has 1 nitrogen and oxygen atoms in total. The number of thiophene rings is 1. The highest BCUT2D eigenvalue weighted by molar-refractivity contribution is 7.10. The van der Waals surface area contributed by atoms with E-state index in [0.717, 1.165) is 16.7 Å². The molecule has 0 unspecified atom stereocenters. The quantitative estimate of drug-likeness (QED) is 0.829. The molecule has 0 aliphatic carbocycles. The van der Waals surface area contributed by atoms with Crippen molar-refractivity contribution in [1.29, 1.82) is 0 Å². The fourth-order valence-electron chi connectivity index (χ4n) is 0.927. The van der Waals surface area contributed by atoms with Crippen LogP contribution in [0.3, 0.4) is 0 Å². The van der Waals surface area contributed by atoms with E-state index < -0.39 is 11.7 Å². The lowest BCUT2D eigenvalue weighted by molar-refractivity contribution is -0.137. The minimum absolute atomic E-state index is 0.284. The van der Waals surface area contributed by atoms with E-state index in [1.807, 2.05) is 13.8 Å². The molecule has 0 saturated heterocycles. The third-order valence-electron chi connectivity index (χ3n) is 1.67. The minimum Gasteiger partial charge on any atom is -0.310 e. The number of halogens is 3. The molecule has 0 radical (unpaired) electrons. The molecule has 1 heterocycles. The fourth-order valence-corrected chi connectivity index (χ4v) is 1.77. The summed E-state index contributed by atoms with van der Waals surface area (Å²) in [6, 6.07) is 1.48. The molecule has 0 aliphatic heterocycles. The van der Waals surface area contributed by atoms with Crippen LogP contribution in [-0.4, -0.2) is 6.04 Å². The number of nitrogens with one attached hydrogen (secondary N) is 1. The number of rotatable bonds is 3. The molecule has 1 rings (SSSR count). The predicted octanol–water partition coefficient (Wildman–Crippen LogP) is 3.26. The summed E-state index contributed by atoms with van der Waals surface area (Å²) in [4.78, 5) is 0.714. The van der Waals surface area contributed by atoms with Crippen LogP contribution in [0.1, 0.15) is 24.3 Å². The van der Waals surface area contributed by atoms with Gasteiger partial charge in [-0.3, -0.25) is 0 Å². The van der Waals surface area contributed by atoms with E-state index >= 15 is 0 Å². The first kappa shape index (κ1) is 11.5. The molecule has 5 heteroatoms. The van der Waals surface area contributed by atoms with Crippen molar-refractivity contribution >= 4 is 11.3 Å². The maximum absolute atomic E-state index is 12.2. The van der Waals surface area contributed by atoms with Gasteiger partial charge in [0.25, 0.3) is 0 Å². The molecular weight excluding hydrogens is 211 g/mol. The third-order valence-corrected chi connectivity index (χ3v) is 2.60. The second-order valence-corrected chi connectivity index (χ2v) is 4.33. The van der Waals surface area contributed by atoms with Crippen molar-refractivity contribution in [2.75, 3.05) is 0 Å². The van der Waals surface area contributed by atoms with Crippen molar-refractivity contribution < 1.29 is 13.2 Å². The lowest BCUT2D eigenvalue weighted by Gasteiger charge is -2.05. The van der Waals surface area contributed by atoms with Gasteiger partial charge < -0.3 is 5.32 Å². The maximum Gasteiger partial charge on any atom is 0.417 e. The van der Waals surface area contributed by atoms with E-state index in [-0.39, 0.29) is 6.04 Å². The Balaban J connectivity index is 2.60. The molecule has 1 N–H and O–H groups in total. The van der Waals surface area contributed by atoms with Gasteiger partial charge in [-0.15, -0.1) is 11.3 Å². The van der Waals surface area contributed by atoms with Crippen LogP contribution in [0.25, 0.3) is 0 Å². The Morgan fingerprint density at radius 1 is 1.43 bits per heavy atom. The number of alkyl halides is 3. The Bertz CT molecular complexity index is 290. The van der Waals surface area contributed by atoms with Crippen LogP contribution >= 0.6 is 11.3 Å². The SMILES string of the molecule is CC(C)NCc1cc(C(F)(F)F)cs1. The van der Waals surface area contributed by atoms with Crippen molar-refractivity contribution in [2.24, 2.45) is 0 Å². The Labute approximate surface area is 84.9 Å². The van der Waals surface area contributed by atoms with Crippen molar-refractivity contribution in [3.05, 3.63) is 21.9 Å². The van der Waals surface area contributed by atoms with Gasteiger partial charge in [0.15, 0.2) is 0 Å². The highest BCUT2D eigenvalue weighted by Crippen LogP contribution is 2.32. The standard InChI is InChI=1S/C9H12F3NS/c1-6(2)13-4-8-3-7(5-14-8)9(10,11)12/h3,5-6,13H,4H2,1-2H3. The summed E-state index contributed by atoms with van der Waals surface area (Å²) < 4.78 is 36.6. The second-order valence-electron chi connectivity index (χ2n) is 3.34. The predicted molar refractivity (Wildman–Crippen MR) is 51.3 cm³/mol. The van der Waals surface area contributed by atoms with Crippen LogP contribution in [0.5, 0.6) is 0 Å². The van der Waals surface area contributed by atoms with E-state index in [4.69, 9.17) is 0 Å². The summed E-state index contributed by atoms with van der Waals surface area (Å²) in [5.41, 5.74) is -0.553. The molecule has 0 bridgehead atoms. The Kier molecular flexibility index (Phi) is 3.55. The van der Waals surface area contributed by atoms with Crippen molar-refractivity contribution in [2.45, 2.75) is 32.6 Å². The molecule has 0 spiro atoms. The maximum atomic E-state index is 12.2. The van der Waals surface area contributed by atoms with Gasteiger partial charge in [0.1, 0.15) is 0 Å². The first-order chi connectivity index (χ1) is 6.39. The van der Waals surface area contributed by atoms with E-state index in [0.29, 0.717) is 11.4 Å². The summed E-state index contributed by atoms with van der Waals surface area (Å²) in [6.45, 7) is 4.41. The van der Waals surface area contributed by atoms with Gasteiger partial charge >= 0.3 is 6.18 Å². The van der Waals surface area contributed by atoms with E-state index in [2.05, 4.69) is 5.32 Å². The summed E-state index contributed by atoms with van der Waals surface area (Å²) in [5.74, 6) is 0. The van der Waals surface area contributed by atoms with Crippen LogP contribution in [0.4, 0.5) is 13.2 Å². The van der Waals surface area contributed by atoms with Gasteiger partial charge in [0.05, 0.1) is 5.56 Å². The Morgan fingerprint density at radius 3 is 2.50 bits per heavy atom. The largest absolute Gasteiger partial charge is 0.417 e. The molecule has 0 atom stereocenters. The molecule has 1 aromatic rings. The smallest absolute Gasteiger partial charge is 0.310 e. The third kappa shape index (κ3) is 3.31. The Hall–Kier alpha value is -0.550. The zero-order valence-electron chi connectivity index (χ0n) is 7.98. The fraction of sp³-hybridized carbons (Fsp3) is 0.556. The molecular formula is C9H12F3NS. The summed E-state index contributed by atoms with van der Waals surface area (Å²) in [5, 5.41) is 4.22. The van der Waals surface area contributed by atoms with Crippen LogP contribution in [0.2, 0.25) is 0 Å². The van der Waals surface area contributed by atoms with Gasteiger partial charge in [-0.2, -0.15) is 13.2 Å². The second kappa shape index (κ2) is 4.31. The summed E-state index contributed by atoms with van der Waals surface area (Å²) in [6.07, 6.45) is -4.22. The first-order valence-electron chi connectivity index (χ1n) is 4.27.